The van der Waals surface area contributed by atoms with E-state index in [1.165, 1.54) is 46.7 Å². The number of hydrogen-bond acceptors (Lipinski definition) is 18. The van der Waals surface area contributed by atoms with Crippen molar-refractivity contribution in [3.63, 3.8) is 0 Å². The minimum Gasteiger partial charge on any atom is -0.489 e. The maximum Gasteiger partial charge on any atom is 0.391 e. The van der Waals surface area contributed by atoms with Crippen LogP contribution in [0, 0.1) is 11.8 Å². The second-order valence-electron chi connectivity index (χ2n) is 19.7. The van der Waals surface area contributed by atoms with Gasteiger partial charge in [-0.25, -0.2) is 39.5 Å². The van der Waals surface area contributed by atoms with Gasteiger partial charge in [0.25, 0.3) is 0 Å². The van der Waals surface area contributed by atoms with Crippen molar-refractivity contribution in [2.24, 2.45) is 11.8 Å². The van der Waals surface area contributed by atoms with Crippen LogP contribution in [0.25, 0.3) is 0 Å². The number of ether oxygens (including phenoxy) is 4. The summed E-state index contributed by atoms with van der Waals surface area (Å²) in [5, 5.41) is 23.7. The van der Waals surface area contributed by atoms with E-state index in [1.807, 2.05) is 23.6 Å². The van der Waals surface area contributed by atoms with Crippen molar-refractivity contribution in [3.8, 4) is 11.5 Å². The number of aliphatic hydroxyl groups excluding tert-OH is 2. The van der Waals surface area contributed by atoms with Crippen molar-refractivity contribution >= 4 is 58.3 Å². The van der Waals surface area contributed by atoms with Crippen LogP contribution in [0.1, 0.15) is 87.5 Å². The number of halogens is 6. The molecule has 0 saturated carbocycles. The average Bonchev–Trinajstić information content (AvgIpc) is 3.78. The number of anilines is 6. The summed E-state index contributed by atoms with van der Waals surface area (Å²) in [7, 11) is 0. The van der Waals surface area contributed by atoms with E-state index in [2.05, 4.69) is 40.5 Å². The second kappa shape index (κ2) is 23.3. The number of Topliss-reactive ketones (excluding diaryl/α,β-unsaturated/α-hetero) is 2. The van der Waals surface area contributed by atoms with Gasteiger partial charge in [-0.05, 0) is 63.8 Å². The van der Waals surface area contributed by atoms with E-state index in [1.54, 1.807) is 12.1 Å². The summed E-state index contributed by atoms with van der Waals surface area (Å²) in [6.07, 6.45) is -3.25. The van der Waals surface area contributed by atoms with Gasteiger partial charge in [0.05, 0.1) is 73.3 Å². The van der Waals surface area contributed by atoms with E-state index in [-0.39, 0.29) is 66.3 Å². The quantitative estimate of drug-likeness (QED) is 0.0723. The number of amides is 4. The fourth-order valence-electron chi connectivity index (χ4n) is 9.11. The van der Waals surface area contributed by atoms with E-state index >= 15 is 0 Å². The van der Waals surface area contributed by atoms with E-state index in [9.17, 15) is 50.6 Å². The Labute approximate surface area is 437 Å². The Morgan fingerprint density at radius 1 is 0.727 bits per heavy atom. The molecule has 4 bridgehead atoms. The number of aromatic nitrogens is 6. The lowest BCUT2D eigenvalue weighted by molar-refractivity contribution is -0.169. The van der Waals surface area contributed by atoms with Gasteiger partial charge in [-0.2, -0.15) is 26.3 Å². The average molecular weight is 1090 g/mol. The Morgan fingerprint density at radius 3 is 1.60 bits per heavy atom. The van der Waals surface area contributed by atoms with Crippen molar-refractivity contribution in [1.29, 1.82) is 0 Å². The van der Waals surface area contributed by atoms with Crippen molar-refractivity contribution in [3.05, 3.63) is 60.7 Å². The standard InChI is InChI=1S/C26H31F3N6O5.C23H27F3N6O5/c1-15(26(27,28)29)9-20(36)22-31-11-19-23(33-22)35(16-5-4-8-34(19)12-16)24(37)32-21-7-6-17(10-30-21)38-13-18-14-39-25(2,3)40-18;1-13(23(24,25)26)7-18(35)20-28-9-17-21(30-20)32(14-3-2-6-31(17)10-14)22(36)29-19-5-4-16(8-27-19)37-12-15(34)11-33/h6-7,10-11,15-16,18H,4-5,8-9,12-14H2,1-3H3,(H,30,32,37);4-5,8-9,13-15,33-34H,2-3,6-7,10-12H2,1H3,(H,27,29,36)/t15-,16-,18+;13-,14-,15-/m00/s1. The maximum absolute atomic E-state index is 13.5. The van der Waals surface area contributed by atoms with E-state index in [0.717, 1.165) is 33.2 Å². The molecule has 77 heavy (non-hydrogen) atoms. The lowest BCUT2D eigenvalue weighted by Gasteiger charge is -2.45. The summed E-state index contributed by atoms with van der Waals surface area (Å²) >= 11 is 0. The number of carbonyl (C=O) groups excluding carboxylic acids is 4. The van der Waals surface area contributed by atoms with Crippen LogP contribution in [0.2, 0.25) is 0 Å². The number of rotatable bonds is 15. The second-order valence-corrected chi connectivity index (χ2v) is 19.7. The molecule has 0 radical (unpaired) electrons. The number of ketones is 2. The molecule has 5 aliphatic rings. The highest BCUT2D eigenvalue weighted by Gasteiger charge is 2.43. The van der Waals surface area contributed by atoms with Crippen LogP contribution in [0.4, 0.5) is 70.6 Å². The predicted molar refractivity (Wildman–Crippen MR) is 263 cm³/mol. The molecule has 416 valence electrons. The van der Waals surface area contributed by atoms with Crippen LogP contribution < -0.4 is 39.7 Å². The molecule has 28 heteroatoms. The van der Waals surface area contributed by atoms with E-state index in [0.29, 0.717) is 62.0 Å². The number of carbonyl (C=O) groups is 4. The van der Waals surface area contributed by atoms with Crippen molar-refractivity contribution < 1.29 is 74.7 Å². The lowest BCUT2D eigenvalue weighted by atomic mass is 10.00. The highest BCUT2D eigenvalue weighted by Crippen LogP contribution is 2.40. The van der Waals surface area contributed by atoms with Crippen molar-refractivity contribution in [2.75, 3.05) is 82.8 Å². The van der Waals surface area contributed by atoms with Gasteiger partial charge in [-0.1, -0.05) is 13.8 Å². The number of nitrogens with one attached hydrogen (secondary N) is 2. The van der Waals surface area contributed by atoms with E-state index in [4.69, 9.17) is 24.1 Å². The van der Waals surface area contributed by atoms with Crippen LogP contribution in [0.5, 0.6) is 11.5 Å². The monoisotopic (exact) mass is 1090 g/mol. The number of nitrogens with zero attached hydrogens (tertiary/aromatic N) is 10. The summed E-state index contributed by atoms with van der Waals surface area (Å²) in [6.45, 7) is 8.13. The number of alkyl halides is 6. The third-order valence-electron chi connectivity index (χ3n) is 13.3. The van der Waals surface area contributed by atoms with Gasteiger partial charge in [0.1, 0.15) is 48.6 Å². The molecule has 0 unspecified atom stereocenters. The Balaban J connectivity index is 0.000000204. The molecular formula is C49H58F6N12O10. The molecule has 4 N–H and O–H groups in total. The van der Waals surface area contributed by atoms with Gasteiger partial charge < -0.3 is 39.0 Å². The molecule has 22 nitrogen and oxygen atoms in total. The van der Waals surface area contributed by atoms with Crippen LogP contribution >= 0.6 is 0 Å². The number of fused-ring (bicyclic) bond motifs is 8. The molecule has 4 amide bonds. The van der Waals surface area contributed by atoms with Crippen molar-refractivity contribution in [1.82, 2.24) is 29.9 Å². The zero-order valence-corrected chi connectivity index (χ0v) is 42.4. The number of piperidine rings is 2. The van der Waals surface area contributed by atoms with Crippen molar-refractivity contribution in [2.45, 2.75) is 109 Å². The maximum atomic E-state index is 13.5. The molecule has 4 aromatic heterocycles. The Bertz CT molecular complexity index is 2760. The fourth-order valence-corrected chi connectivity index (χ4v) is 9.11. The smallest absolute Gasteiger partial charge is 0.391 e. The molecule has 0 aromatic carbocycles. The highest BCUT2D eigenvalue weighted by atomic mass is 19.4. The zero-order chi connectivity index (χ0) is 55.4. The van der Waals surface area contributed by atoms with Gasteiger partial charge in [-0.15, -0.1) is 0 Å². The third kappa shape index (κ3) is 13.7. The SMILES string of the molecule is C[C@@H](CC(=O)c1ncc2c(n1)N(C(=O)Nc1ccc(OC[C@@H](O)CO)cn1)[C@H]1CCCN2C1)C(F)(F)F.C[C@@H](CC(=O)c1ncc2c(n1)N(C(=O)Nc1ccc(OC[C@@H]3COC(C)(C)O3)cn1)[C@H]1CCCN2C1)C(F)(F)F. The summed E-state index contributed by atoms with van der Waals surface area (Å²) in [5.41, 5.74) is 1.06. The Hall–Kier alpha value is -7.04. The zero-order valence-electron chi connectivity index (χ0n) is 42.4. The summed E-state index contributed by atoms with van der Waals surface area (Å²) in [6, 6.07) is 4.68. The van der Waals surface area contributed by atoms with Gasteiger partial charge in [0, 0.05) is 39.0 Å². The Morgan fingerprint density at radius 2 is 1.19 bits per heavy atom. The van der Waals surface area contributed by atoms with E-state index < -0.39 is 79.2 Å². The normalized spacial score (nSPS) is 20.6. The molecular weight excluding hydrogens is 1030 g/mol. The highest BCUT2D eigenvalue weighted by molar-refractivity contribution is 6.05. The number of pyridine rings is 2. The number of aliphatic hydroxyl groups is 2. The van der Waals surface area contributed by atoms with Crippen LogP contribution in [-0.4, -0.2) is 159 Å². The molecule has 6 atom stereocenters. The summed E-state index contributed by atoms with van der Waals surface area (Å²) in [4.78, 5) is 83.8. The largest absolute Gasteiger partial charge is 0.489 e. The molecule has 0 spiro atoms. The molecule has 9 heterocycles. The van der Waals surface area contributed by atoms with Gasteiger partial charge in [0.2, 0.25) is 11.6 Å². The number of hydrogen-bond donors (Lipinski definition) is 4. The molecule has 3 saturated heterocycles. The first-order valence-electron chi connectivity index (χ1n) is 24.9. The Kier molecular flexibility index (Phi) is 17.0. The van der Waals surface area contributed by atoms with Gasteiger partial charge in [0.15, 0.2) is 29.1 Å². The fraction of sp³-hybridized carbons (Fsp3) is 0.551. The molecule has 9 rings (SSSR count). The lowest BCUT2D eigenvalue weighted by Crippen LogP contribution is -2.56. The third-order valence-corrected chi connectivity index (χ3v) is 13.3. The first kappa shape index (κ1) is 56.2. The minimum atomic E-state index is -4.52. The minimum absolute atomic E-state index is 0.130. The molecule has 3 fully saturated rings. The molecule has 0 aliphatic carbocycles. The number of urea groups is 2. The molecule has 4 aromatic rings. The van der Waals surface area contributed by atoms with Crippen LogP contribution in [0.3, 0.4) is 0 Å². The van der Waals surface area contributed by atoms with Gasteiger partial charge in [-0.3, -0.25) is 30.0 Å². The van der Waals surface area contributed by atoms with Crippen LogP contribution in [-0.2, 0) is 9.47 Å². The summed E-state index contributed by atoms with van der Waals surface area (Å²) in [5.74, 6) is -5.16. The first-order valence-corrected chi connectivity index (χ1v) is 24.9. The first-order chi connectivity index (χ1) is 36.5. The summed E-state index contributed by atoms with van der Waals surface area (Å²) < 4.78 is 100. The predicted octanol–water partition coefficient (Wildman–Crippen LogP) is 6.59. The topological polar surface area (TPSA) is 260 Å². The van der Waals surface area contributed by atoms with Crippen LogP contribution in [0.15, 0.2) is 49.1 Å². The molecule has 5 aliphatic heterocycles. The van der Waals surface area contributed by atoms with Gasteiger partial charge >= 0.3 is 24.4 Å².